The molecule has 16 heavy (non-hydrogen) atoms. The van der Waals surface area contributed by atoms with Crippen molar-refractivity contribution in [3.05, 3.63) is 27.2 Å². The molecule has 0 amide bonds. The van der Waals surface area contributed by atoms with Crippen LogP contribution in [0.5, 0.6) is 5.75 Å². The molecule has 2 nitrogen and oxygen atoms in total. The topological polar surface area (TPSA) is 44.0 Å². The van der Waals surface area contributed by atoms with Crippen LogP contribution in [0.1, 0.15) is 36.0 Å². The smallest absolute Gasteiger partial charge is 0.132 e. The zero-order valence-electron chi connectivity index (χ0n) is 9.47. The minimum atomic E-state index is -0.314. The van der Waals surface area contributed by atoms with Crippen molar-refractivity contribution < 1.29 is 5.11 Å². The Morgan fingerprint density at radius 3 is 2.50 bits per heavy atom. The summed E-state index contributed by atoms with van der Waals surface area (Å²) in [6, 6.07) is 4.40. The maximum Gasteiger partial charge on any atom is 0.132 e. The Morgan fingerprint density at radius 1 is 1.44 bits per heavy atom. The molecule has 3 heteroatoms. The normalized spacial score (nSPS) is 17.6. The van der Waals surface area contributed by atoms with Gasteiger partial charge in [-0.05, 0) is 65.7 Å². The van der Waals surface area contributed by atoms with Gasteiger partial charge in [-0.2, -0.15) is 5.26 Å². The van der Waals surface area contributed by atoms with Crippen molar-refractivity contribution >= 4 is 15.9 Å². The third-order valence-electron chi connectivity index (χ3n) is 3.61. The van der Waals surface area contributed by atoms with Crippen LogP contribution < -0.4 is 0 Å². The first-order chi connectivity index (χ1) is 7.52. The largest absolute Gasteiger partial charge is 0.506 e. The zero-order valence-corrected chi connectivity index (χ0v) is 11.1. The van der Waals surface area contributed by atoms with Crippen molar-refractivity contribution in [2.45, 2.75) is 38.5 Å². The number of nitrogens with zero attached hydrogens (tertiary/aromatic N) is 1. The van der Waals surface area contributed by atoms with E-state index in [-0.39, 0.29) is 11.2 Å². The Kier molecular flexibility index (Phi) is 2.71. The van der Waals surface area contributed by atoms with Crippen molar-refractivity contribution in [2.75, 3.05) is 0 Å². The van der Waals surface area contributed by atoms with Crippen molar-refractivity contribution in [1.29, 1.82) is 5.26 Å². The molecule has 1 aromatic carbocycles. The number of halogens is 1. The van der Waals surface area contributed by atoms with E-state index in [1.54, 1.807) is 0 Å². The van der Waals surface area contributed by atoms with Gasteiger partial charge < -0.3 is 5.11 Å². The summed E-state index contributed by atoms with van der Waals surface area (Å²) in [6.07, 6.45) is 2.98. The summed E-state index contributed by atoms with van der Waals surface area (Å²) in [5.41, 5.74) is 2.58. The highest BCUT2D eigenvalue weighted by molar-refractivity contribution is 9.10. The van der Waals surface area contributed by atoms with Gasteiger partial charge in [0.15, 0.2) is 0 Å². The fourth-order valence-electron chi connectivity index (χ4n) is 2.33. The minimum Gasteiger partial charge on any atom is -0.506 e. The van der Waals surface area contributed by atoms with E-state index in [4.69, 9.17) is 0 Å². The van der Waals surface area contributed by atoms with Crippen LogP contribution in [0.3, 0.4) is 0 Å². The molecule has 2 rings (SSSR count). The highest BCUT2D eigenvalue weighted by Crippen LogP contribution is 2.47. The average molecular weight is 280 g/mol. The average Bonchev–Trinajstić information content (AvgIpc) is 2.21. The Labute approximate surface area is 104 Å². The number of benzene rings is 1. The van der Waals surface area contributed by atoms with Crippen LogP contribution in [0, 0.1) is 25.2 Å². The first-order valence-electron chi connectivity index (χ1n) is 5.42. The van der Waals surface area contributed by atoms with Gasteiger partial charge >= 0.3 is 0 Å². The SMILES string of the molecule is Cc1cc(C2(C#N)CCC2)c(C)c(Br)c1O. The summed E-state index contributed by atoms with van der Waals surface area (Å²) in [7, 11) is 0. The van der Waals surface area contributed by atoms with Gasteiger partial charge in [-0.3, -0.25) is 0 Å². The molecule has 84 valence electrons. The molecule has 0 saturated heterocycles. The molecule has 0 unspecified atom stereocenters. The molecule has 1 aromatic rings. The van der Waals surface area contributed by atoms with Gasteiger partial charge in [-0.15, -0.1) is 0 Å². The van der Waals surface area contributed by atoms with Gasteiger partial charge in [-0.1, -0.05) is 6.07 Å². The number of hydrogen-bond acceptors (Lipinski definition) is 2. The lowest BCUT2D eigenvalue weighted by atomic mass is 9.64. The second-order valence-electron chi connectivity index (χ2n) is 4.58. The maximum absolute atomic E-state index is 9.81. The second kappa shape index (κ2) is 3.78. The van der Waals surface area contributed by atoms with Gasteiger partial charge in [0.1, 0.15) is 5.75 Å². The first kappa shape index (κ1) is 11.5. The van der Waals surface area contributed by atoms with Crippen LogP contribution in [0.2, 0.25) is 0 Å². The molecule has 0 bridgehead atoms. The molecule has 1 aliphatic carbocycles. The predicted molar refractivity (Wildman–Crippen MR) is 66.4 cm³/mol. The third-order valence-corrected chi connectivity index (χ3v) is 4.58. The van der Waals surface area contributed by atoms with Gasteiger partial charge in [0, 0.05) is 0 Å². The van der Waals surface area contributed by atoms with Crippen molar-refractivity contribution in [3.8, 4) is 11.8 Å². The molecule has 0 atom stereocenters. The lowest BCUT2D eigenvalue weighted by molar-refractivity contribution is 0.322. The van der Waals surface area contributed by atoms with Gasteiger partial charge in [-0.25, -0.2) is 0 Å². The lowest BCUT2D eigenvalue weighted by Crippen LogP contribution is -2.33. The molecule has 0 radical (unpaired) electrons. The van der Waals surface area contributed by atoms with E-state index >= 15 is 0 Å². The zero-order chi connectivity index (χ0) is 11.9. The fourth-order valence-corrected chi connectivity index (χ4v) is 2.86. The minimum absolute atomic E-state index is 0.286. The Hall–Kier alpha value is -1.01. The van der Waals surface area contributed by atoms with Gasteiger partial charge in [0.25, 0.3) is 0 Å². The number of phenols is 1. The summed E-state index contributed by atoms with van der Waals surface area (Å²) in [5.74, 6) is 0.286. The number of rotatable bonds is 1. The maximum atomic E-state index is 9.81. The van der Waals surface area contributed by atoms with E-state index in [0.29, 0.717) is 0 Å². The molecule has 0 spiro atoms. The summed E-state index contributed by atoms with van der Waals surface area (Å²) in [6.45, 7) is 3.82. The van der Waals surface area contributed by atoms with Crippen LogP contribution in [-0.4, -0.2) is 5.11 Å². The van der Waals surface area contributed by atoms with E-state index < -0.39 is 0 Å². The van der Waals surface area contributed by atoms with E-state index in [1.165, 1.54) is 0 Å². The molecule has 0 aromatic heterocycles. The Bertz CT molecular complexity index is 484. The molecule has 1 saturated carbocycles. The molecule has 1 aliphatic rings. The summed E-state index contributed by atoms with van der Waals surface area (Å²) in [5, 5.41) is 19.1. The second-order valence-corrected chi connectivity index (χ2v) is 5.37. The van der Waals surface area contributed by atoms with Crippen molar-refractivity contribution in [2.24, 2.45) is 0 Å². The van der Waals surface area contributed by atoms with Crippen LogP contribution in [0.15, 0.2) is 10.5 Å². The van der Waals surface area contributed by atoms with Crippen LogP contribution in [-0.2, 0) is 5.41 Å². The van der Waals surface area contributed by atoms with Crippen LogP contribution in [0.4, 0.5) is 0 Å². The molecule has 1 fully saturated rings. The lowest BCUT2D eigenvalue weighted by Gasteiger charge is -2.37. The van der Waals surface area contributed by atoms with Crippen molar-refractivity contribution in [1.82, 2.24) is 0 Å². The monoisotopic (exact) mass is 279 g/mol. The standard InChI is InChI=1S/C13H14BrNO/c1-8-6-10(9(2)11(14)12(8)16)13(7-15)4-3-5-13/h6,16H,3-5H2,1-2H3. The number of nitriles is 1. The molecular weight excluding hydrogens is 266 g/mol. The third kappa shape index (κ3) is 1.44. The van der Waals surface area contributed by atoms with Gasteiger partial charge in [0.05, 0.1) is 16.0 Å². The molecule has 0 aliphatic heterocycles. The number of aryl methyl sites for hydroxylation is 1. The Balaban J connectivity index is 2.63. The molecular formula is C13H14BrNO. The van der Waals surface area contributed by atoms with Gasteiger partial charge in [0.2, 0.25) is 0 Å². The summed E-state index contributed by atoms with van der Waals surface area (Å²) >= 11 is 3.40. The van der Waals surface area contributed by atoms with Crippen molar-refractivity contribution in [3.63, 3.8) is 0 Å². The number of aromatic hydroxyl groups is 1. The fraction of sp³-hybridized carbons (Fsp3) is 0.462. The van der Waals surface area contributed by atoms with E-state index in [9.17, 15) is 10.4 Å². The predicted octanol–water partition coefficient (Wildman–Crippen LogP) is 3.72. The summed E-state index contributed by atoms with van der Waals surface area (Å²) in [4.78, 5) is 0. The molecule has 1 N–H and O–H groups in total. The quantitative estimate of drug-likeness (QED) is 0.852. The van der Waals surface area contributed by atoms with E-state index in [0.717, 1.165) is 40.4 Å². The van der Waals surface area contributed by atoms with Crippen LogP contribution >= 0.6 is 15.9 Å². The number of hydrogen-bond donors (Lipinski definition) is 1. The van der Waals surface area contributed by atoms with E-state index in [2.05, 4.69) is 22.0 Å². The van der Waals surface area contributed by atoms with E-state index in [1.807, 2.05) is 19.9 Å². The molecule has 0 heterocycles. The highest BCUT2D eigenvalue weighted by Gasteiger charge is 2.40. The highest BCUT2D eigenvalue weighted by atomic mass is 79.9. The Morgan fingerprint density at radius 2 is 2.06 bits per heavy atom. The number of phenolic OH excluding ortho intramolecular Hbond substituents is 1. The summed E-state index contributed by atoms with van der Waals surface area (Å²) < 4.78 is 0.726. The first-order valence-corrected chi connectivity index (χ1v) is 6.21. The van der Waals surface area contributed by atoms with Crippen LogP contribution in [0.25, 0.3) is 0 Å².